The zero-order chi connectivity index (χ0) is 27.0. The fourth-order valence-electron chi connectivity index (χ4n) is 3.83. The Labute approximate surface area is 217 Å². The lowest BCUT2D eigenvalue weighted by Crippen LogP contribution is -2.48. The van der Waals surface area contributed by atoms with Crippen LogP contribution in [0.25, 0.3) is 0 Å². The topological polar surface area (TPSA) is 87.7 Å². The van der Waals surface area contributed by atoms with Crippen molar-refractivity contribution in [2.45, 2.75) is 97.6 Å². The summed E-state index contributed by atoms with van der Waals surface area (Å²) in [4.78, 5) is 40.6. The van der Waals surface area contributed by atoms with Crippen LogP contribution < -0.4 is 10.6 Å². The van der Waals surface area contributed by atoms with Crippen LogP contribution in [0.15, 0.2) is 24.3 Å². The second-order valence-corrected chi connectivity index (χ2v) is 9.99. The van der Waals surface area contributed by atoms with Gasteiger partial charge in [0, 0.05) is 18.7 Å². The van der Waals surface area contributed by atoms with Gasteiger partial charge in [-0.05, 0) is 45.2 Å². The van der Waals surface area contributed by atoms with Crippen LogP contribution in [0.4, 0.5) is 4.79 Å². The van der Waals surface area contributed by atoms with Crippen LogP contribution in [0.1, 0.15) is 103 Å². The molecule has 0 aliphatic heterocycles. The van der Waals surface area contributed by atoms with Crippen molar-refractivity contribution in [2.24, 2.45) is 0 Å². The van der Waals surface area contributed by atoms with Gasteiger partial charge in [0.25, 0.3) is 0 Å². The van der Waals surface area contributed by atoms with E-state index in [-0.39, 0.29) is 18.4 Å². The van der Waals surface area contributed by atoms with Gasteiger partial charge in [0.05, 0.1) is 0 Å². The van der Waals surface area contributed by atoms with Gasteiger partial charge in [-0.25, -0.2) is 4.79 Å². The maximum Gasteiger partial charge on any atom is 0.408 e. The molecule has 0 saturated heterocycles. The summed E-state index contributed by atoms with van der Waals surface area (Å²) in [5.41, 5.74) is 0.484. The first-order valence-electron chi connectivity index (χ1n) is 13.2. The summed E-state index contributed by atoms with van der Waals surface area (Å²) in [6, 6.07) is 6.30. The van der Waals surface area contributed by atoms with Crippen LogP contribution in [0.2, 0.25) is 0 Å². The van der Waals surface area contributed by atoms with Gasteiger partial charge in [0.1, 0.15) is 18.2 Å². The number of nitrogens with zero attached hydrogens (tertiary/aromatic N) is 1. The molecule has 0 saturated carbocycles. The molecule has 0 spiro atoms. The highest BCUT2D eigenvalue weighted by molar-refractivity contribution is 5.91. The third-order valence-electron chi connectivity index (χ3n) is 5.66. The number of amides is 3. The number of unbranched alkanes of at least 4 members (excludes halogenated alkanes) is 6. The van der Waals surface area contributed by atoms with Gasteiger partial charge >= 0.3 is 6.09 Å². The molecule has 0 aliphatic rings. The second kappa shape index (κ2) is 16.6. The molecule has 0 heterocycles. The van der Waals surface area contributed by atoms with E-state index in [1.807, 2.05) is 19.1 Å². The number of carbonyl (C=O) groups excluding carboxylic acids is 3. The first kappa shape index (κ1) is 31.0. The van der Waals surface area contributed by atoms with E-state index in [9.17, 15) is 14.4 Å². The Hall–Kier alpha value is -3.01. The van der Waals surface area contributed by atoms with Crippen LogP contribution in [-0.4, -0.2) is 48.0 Å². The molecule has 0 radical (unpaired) electrons. The molecule has 0 aromatic heterocycles. The maximum absolute atomic E-state index is 13.5. The lowest BCUT2D eigenvalue weighted by molar-refractivity contribution is -0.140. The van der Waals surface area contributed by atoms with Crippen molar-refractivity contribution in [1.82, 2.24) is 15.5 Å². The van der Waals surface area contributed by atoms with Crippen LogP contribution in [0.3, 0.4) is 0 Å². The summed E-state index contributed by atoms with van der Waals surface area (Å²) in [5.74, 6) is 2.01. The molecule has 7 nitrogen and oxygen atoms in total. The quantitative estimate of drug-likeness (QED) is 0.252. The fraction of sp³-hybridized carbons (Fsp3) is 0.621. The molecule has 1 atom stereocenters. The summed E-state index contributed by atoms with van der Waals surface area (Å²) in [6.07, 6.45) is 13.1. The Morgan fingerprint density at radius 1 is 0.972 bits per heavy atom. The van der Waals surface area contributed by atoms with Crippen molar-refractivity contribution >= 4 is 17.9 Å². The highest BCUT2D eigenvalue weighted by Gasteiger charge is 2.32. The number of nitrogens with one attached hydrogen (secondary N) is 2. The predicted octanol–water partition coefficient (Wildman–Crippen LogP) is 5.34. The SMILES string of the molecule is C#Cc1ccccc1C(C(=O)NCCCC)N(CCCCCCCC)C(=O)CNC(=O)OC(C)(C)C. The summed E-state index contributed by atoms with van der Waals surface area (Å²) < 4.78 is 5.27. The first-order chi connectivity index (χ1) is 17.1. The van der Waals surface area contributed by atoms with Gasteiger partial charge in [-0.15, -0.1) is 6.42 Å². The molecule has 7 heteroatoms. The minimum absolute atomic E-state index is 0.275. The monoisotopic (exact) mass is 499 g/mol. The minimum atomic E-state index is -0.891. The number of ether oxygens (including phenoxy) is 1. The summed E-state index contributed by atoms with van der Waals surface area (Å²) in [5, 5.41) is 5.51. The molecule has 3 amide bonds. The van der Waals surface area contributed by atoms with Crippen molar-refractivity contribution in [3.8, 4) is 12.3 Å². The number of terminal acetylenes is 1. The molecule has 1 aromatic rings. The average molecular weight is 500 g/mol. The molecule has 2 N–H and O–H groups in total. The van der Waals surface area contributed by atoms with Crippen LogP contribution in [-0.2, 0) is 14.3 Å². The molecule has 200 valence electrons. The molecular formula is C29H45N3O4. The van der Waals surface area contributed by atoms with E-state index >= 15 is 0 Å². The largest absolute Gasteiger partial charge is 0.444 e. The summed E-state index contributed by atoms with van der Waals surface area (Å²) in [6.45, 7) is 10.1. The number of benzene rings is 1. The van der Waals surface area contributed by atoms with E-state index in [1.165, 1.54) is 6.42 Å². The molecule has 36 heavy (non-hydrogen) atoms. The lowest BCUT2D eigenvalue weighted by atomic mass is 9.97. The molecular weight excluding hydrogens is 454 g/mol. The van der Waals surface area contributed by atoms with Crippen molar-refractivity contribution in [2.75, 3.05) is 19.6 Å². The van der Waals surface area contributed by atoms with E-state index in [2.05, 4.69) is 23.5 Å². The number of rotatable bonds is 15. The van der Waals surface area contributed by atoms with E-state index in [4.69, 9.17) is 11.2 Å². The van der Waals surface area contributed by atoms with Crippen molar-refractivity contribution in [1.29, 1.82) is 0 Å². The highest BCUT2D eigenvalue weighted by atomic mass is 16.6. The zero-order valence-electron chi connectivity index (χ0n) is 22.8. The number of hydrogen-bond acceptors (Lipinski definition) is 4. The molecule has 1 rings (SSSR count). The lowest BCUT2D eigenvalue weighted by Gasteiger charge is -2.32. The number of carbonyl (C=O) groups is 3. The van der Waals surface area contributed by atoms with Crippen LogP contribution >= 0.6 is 0 Å². The Morgan fingerprint density at radius 3 is 2.25 bits per heavy atom. The Kier molecular flexibility index (Phi) is 14.3. The van der Waals surface area contributed by atoms with Gasteiger partial charge in [-0.1, -0.05) is 76.5 Å². The third kappa shape index (κ3) is 11.6. The molecule has 0 fully saturated rings. The smallest absolute Gasteiger partial charge is 0.408 e. The molecule has 1 unspecified atom stereocenters. The fourth-order valence-corrected chi connectivity index (χ4v) is 3.83. The molecule has 0 aliphatic carbocycles. The van der Waals surface area contributed by atoms with Crippen molar-refractivity contribution < 1.29 is 19.1 Å². The zero-order valence-corrected chi connectivity index (χ0v) is 22.8. The standard InChI is InChI=1S/C29H45N3O4/c1-7-10-12-13-14-17-21-32(25(33)22-31-28(35)36-29(4,5)6)26(27(34)30-20-11-8-2)24-19-16-15-18-23(24)9-3/h3,15-16,18-19,26H,7-8,10-14,17,20-22H2,1-2,4-6H3,(H,30,34)(H,31,35). The van der Waals surface area contributed by atoms with Gasteiger partial charge in [0.2, 0.25) is 11.8 Å². The minimum Gasteiger partial charge on any atom is -0.444 e. The van der Waals surface area contributed by atoms with Gasteiger partial charge in [0.15, 0.2) is 0 Å². The van der Waals surface area contributed by atoms with E-state index < -0.39 is 17.7 Å². The van der Waals surface area contributed by atoms with Gasteiger partial charge < -0.3 is 20.3 Å². The third-order valence-corrected chi connectivity index (χ3v) is 5.66. The first-order valence-corrected chi connectivity index (χ1v) is 13.2. The average Bonchev–Trinajstić information content (AvgIpc) is 2.83. The normalized spacial score (nSPS) is 11.8. The van der Waals surface area contributed by atoms with Crippen LogP contribution in [0, 0.1) is 12.3 Å². The predicted molar refractivity (Wildman–Crippen MR) is 144 cm³/mol. The summed E-state index contributed by atoms with van der Waals surface area (Å²) >= 11 is 0. The van der Waals surface area contributed by atoms with E-state index in [1.54, 1.807) is 37.8 Å². The number of alkyl carbamates (subject to hydrolysis) is 1. The molecule has 0 bridgehead atoms. The number of hydrogen-bond donors (Lipinski definition) is 2. The Bertz CT molecular complexity index is 870. The van der Waals surface area contributed by atoms with Crippen molar-refractivity contribution in [3.05, 3.63) is 35.4 Å². The van der Waals surface area contributed by atoms with Gasteiger partial charge in [-0.3, -0.25) is 9.59 Å². The van der Waals surface area contributed by atoms with Crippen LogP contribution in [0.5, 0.6) is 0 Å². The van der Waals surface area contributed by atoms with E-state index in [0.29, 0.717) is 24.2 Å². The second-order valence-electron chi connectivity index (χ2n) is 9.99. The maximum atomic E-state index is 13.5. The van der Waals surface area contributed by atoms with E-state index in [0.717, 1.165) is 44.9 Å². The molecule has 1 aromatic carbocycles. The van der Waals surface area contributed by atoms with Crippen molar-refractivity contribution in [3.63, 3.8) is 0 Å². The Balaban J connectivity index is 3.20. The highest BCUT2D eigenvalue weighted by Crippen LogP contribution is 2.26. The van der Waals surface area contributed by atoms with Gasteiger partial charge in [-0.2, -0.15) is 0 Å². The summed E-state index contributed by atoms with van der Waals surface area (Å²) in [7, 11) is 0. The Morgan fingerprint density at radius 2 is 1.61 bits per heavy atom.